The molecule has 1 aliphatic carbocycles. The van der Waals surface area contributed by atoms with Crippen molar-refractivity contribution in [3.63, 3.8) is 0 Å². The smallest absolute Gasteiger partial charge is 0.0702 e. The zero-order valence-electron chi connectivity index (χ0n) is 16.7. The van der Waals surface area contributed by atoms with Crippen molar-refractivity contribution in [3.05, 3.63) is 53.7 Å². The van der Waals surface area contributed by atoms with Gasteiger partial charge >= 0.3 is 0 Å². The topological polar surface area (TPSA) is 12.9 Å². The molecule has 0 bridgehead atoms. The van der Waals surface area contributed by atoms with Gasteiger partial charge in [0.25, 0.3) is 0 Å². The van der Waals surface area contributed by atoms with Crippen LogP contribution in [0.5, 0.6) is 0 Å². The van der Waals surface area contributed by atoms with Crippen LogP contribution in [-0.2, 0) is 12.8 Å². The highest BCUT2D eigenvalue weighted by molar-refractivity contribution is 5.59. The van der Waals surface area contributed by atoms with Gasteiger partial charge < -0.3 is 0 Å². The van der Waals surface area contributed by atoms with Crippen molar-refractivity contribution >= 4 is 0 Å². The van der Waals surface area contributed by atoms with E-state index in [9.17, 15) is 0 Å². The van der Waals surface area contributed by atoms with Crippen LogP contribution in [0.1, 0.15) is 76.3 Å². The van der Waals surface area contributed by atoms with Gasteiger partial charge in [-0.3, -0.25) is 4.98 Å². The van der Waals surface area contributed by atoms with Crippen LogP contribution in [0.15, 0.2) is 42.6 Å². The maximum atomic E-state index is 4.67. The van der Waals surface area contributed by atoms with Crippen LogP contribution in [0.3, 0.4) is 0 Å². The minimum Gasteiger partial charge on any atom is -0.256 e. The molecule has 0 unspecified atom stereocenters. The predicted molar refractivity (Wildman–Crippen MR) is 112 cm³/mol. The van der Waals surface area contributed by atoms with Gasteiger partial charge in [0.15, 0.2) is 0 Å². The van der Waals surface area contributed by atoms with E-state index in [0.717, 1.165) is 24.0 Å². The third-order valence-electron chi connectivity index (χ3n) is 6.28. The number of hydrogen-bond acceptors (Lipinski definition) is 1. The third kappa shape index (κ3) is 5.43. The Labute approximate surface area is 160 Å². The molecule has 0 saturated heterocycles. The second-order valence-electron chi connectivity index (χ2n) is 8.19. The van der Waals surface area contributed by atoms with Gasteiger partial charge in [0, 0.05) is 11.8 Å². The van der Waals surface area contributed by atoms with Crippen molar-refractivity contribution in [2.75, 3.05) is 0 Å². The van der Waals surface area contributed by atoms with E-state index in [4.69, 9.17) is 0 Å². The molecule has 1 aromatic carbocycles. The molecule has 2 aromatic rings. The zero-order chi connectivity index (χ0) is 18.2. The minimum atomic E-state index is 0.954. The summed E-state index contributed by atoms with van der Waals surface area (Å²) >= 11 is 0. The van der Waals surface area contributed by atoms with Crippen LogP contribution < -0.4 is 0 Å². The largest absolute Gasteiger partial charge is 0.256 e. The third-order valence-corrected chi connectivity index (χ3v) is 6.28. The summed E-state index contributed by atoms with van der Waals surface area (Å²) in [6.07, 6.45) is 15.5. The average molecular weight is 350 g/mol. The Kier molecular flexibility index (Phi) is 7.29. The summed E-state index contributed by atoms with van der Waals surface area (Å²) in [5, 5.41) is 0. The summed E-state index contributed by atoms with van der Waals surface area (Å²) in [6, 6.07) is 13.5. The number of nitrogens with zero attached hydrogens (tertiary/aromatic N) is 1. The molecule has 0 spiro atoms. The van der Waals surface area contributed by atoms with E-state index in [1.807, 2.05) is 6.20 Å². The molecule has 26 heavy (non-hydrogen) atoms. The first kappa shape index (κ1) is 19.1. The van der Waals surface area contributed by atoms with Crippen LogP contribution in [0.2, 0.25) is 0 Å². The normalized spacial score (nSPS) is 20.2. The first-order valence-corrected chi connectivity index (χ1v) is 10.8. The summed E-state index contributed by atoms with van der Waals surface area (Å²) < 4.78 is 0. The summed E-state index contributed by atoms with van der Waals surface area (Å²) in [6.45, 7) is 4.58. The van der Waals surface area contributed by atoms with Gasteiger partial charge in [-0.2, -0.15) is 0 Å². The first-order chi connectivity index (χ1) is 12.8. The maximum Gasteiger partial charge on any atom is 0.0702 e. The molecule has 0 N–H and O–H groups in total. The number of rotatable bonds is 8. The fourth-order valence-corrected chi connectivity index (χ4v) is 4.27. The number of pyridine rings is 1. The predicted octanol–water partition coefficient (Wildman–Crippen LogP) is 7.24. The molecule has 1 nitrogen and oxygen atoms in total. The molecule has 1 heteroatoms. The molecule has 140 valence electrons. The molecule has 1 aromatic heterocycles. The molecule has 0 amide bonds. The number of benzene rings is 1. The van der Waals surface area contributed by atoms with Crippen LogP contribution >= 0.6 is 0 Å². The van der Waals surface area contributed by atoms with E-state index < -0.39 is 0 Å². The van der Waals surface area contributed by atoms with E-state index in [2.05, 4.69) is 55.2 Å². The Hall–Kier alpha value is -1.63. The molecule has 0 aliphatic heterocycles. The second-order valence-corrected chi connectivity index (χ2v) is 8.19. The fraction of sp³-hybridized carbons (Fsp3) is 0.560. The molecule has 3 rings (SSSR count). The summed E-state index contributed by atoms with van der Waals surface area (Å²) in [4.78, 5) is 4.67. The van der Waals surface area contributed by atoms with Crippen LogP contribution in [-0.4, -0.2) is 4.98 Å². The van der Waals surface area contributed by atoms with Gasteiger partial charge in [-0.1, -0.05) is 82.7 Å². The average Bonchev–Trinajstić information content (AvgIpc) is 2.72. The van der Waals surface area contributed by atoms with Gasteiger partial charge in [-0.25, -0.2) is 0 Å². The van der Waals surface area contributed by atoms with Crippen molar-refractivity contribution in [1.82, 2.24) is 4.98 Å². The zero-order valence-corrected chi connectivity index (χ0v) is 16.7. The fourth-order valence-electron chi connectivity index (χ4n) is 4.27. The Morgan fingerprint density at radius 1 is 0.808 bits per heavy atom. The molecular formula is C25H35N. The van der Waals surface area contributed by atoms with E-state index in [0.29, 0.717) is 0 Å². The Bertz CT molecular complexity index is 633. The second kappa shape index (κ2) is 9.90. The molecule has 0 radical (unpaired) electrons. The molecular weight excluding hydrogens is 314 g/mol. The summed E-state index contributed by atoms with van der Waals surface area (Å²) in [5.74, 6) is 1.96. The lowest BCUT2D eigenvalue weighted by Gasteiger charge is -2.27. The number of hydrogen-bond donors (Lipinski definition) is 0. The van der Waals surface area contributed by atoms with Gasteiger partial charge in [0.1, 0.15) is 0 Å². The van der Waals surface area contributed by atoms with Crippen molar-refractivity contribution < 1.29 is 0 Å². The van der Waals surface area contributed by atoms with Crippen molar-refractivity contribution in [1.29, 1.82) is 0 Å². The summed E-state index contributed by atoms with van der Waals surface area (Å²) in [7, 11) is 0. The highest BCUT2D eigenvalue weighted by Gasteiger charge is 2.19. The highest BCUT2D eigenvalue weighted by Crippen LogP contribution is 2.33. The van der Waals surface area contributed by atoms with Crippen molar-refractivity contribution in [3.8, 4) is 11.3 Å². The molecule has 1 saturated carbocycles. The minimum absolute atomic E-state index is 0.954. The van der Waals surface area contributed by atoms with Crippen molar-refractivity contribution in [2.24, 2.45) is 11.8 Å². The molecule has 0 atom stereocenters. The molecule has 1 aliphatic rings. The lowest BCUT2D eigenvalue weighted by Crippen LogP contribution is -2.14. The van der Waals surface area contributed by atoms with E-state index in [1.54, 1.807) is 0 Å². The number of aryl methyl sites for hydroxylation is 2. The van der Waals surface area contributed by atoms with E-state index >= 15 is 0 Å². The lowest BCUT2D eigenvalue weighted by molar-refractivity contribution is 0.259. The Morgan fingerprint density at radius 3 is 2.12 bits per heavy atom. The van der Waals surface area contributed by atoms with Gasteiger partial charge in [0.2, 0.25) is 0 Å². The number of unbranched alkanes of at least 4 members (excludes halogenated alkanes) is 1. The molecule has 1 heterocycles. The van der Waals surface area contributed by atoms with E-state index in [1.165, 1.54) is 74.5 Å². The van der Waals surface area contributed by atoms with Crippen LogP contribution in [0, 0.1) is 11.8 Å². The van der Waals surface area contributed by atoms with Gasteiger partial charge in [-0.05, 0) is 54.7 Å². The molecule has 1 fully saturated rings. The van der Waals surface area contributed by atoms with Crippen LogP contribution in [0.25, 0.3) is 11.3 Å². The van der Waals surface area contributed by atoms with Crippen molar-refractivity contribution in [2.45, 2.75) is 78.1 Å². The quantitative estimate of drug-likeness (QED) is 0.489. The summed E-state index contributed by atoms with van der Waals surface area (Å²) in [5.41, 5.74) is 5.16. The number of aromatic nitrogens is 1. The Morgan fingerprint density at radius 2 is 1.50 bits per heavy atom. The lowest BCUT2D eigenvalue weighted by atomic mass is 9.78. The van der Waals surface area contributed by atoms with Crippen LogP contribution in [0.4, 0.5) is 0 Å². The van der Waals surface area contributed by atoms with E-state index in [-0.39, 0.29) is 0 Å². The standard InChI is InChI=1S/C25H35N/c1-3-5-6-23-15-18-25(26-19-23)24-16-13-22(14-17-24)12-11-21-9-7-20(4-2)8-10-21/h13-21H,3-12H2,1-2H3/t20-,21-. The monoisotopic (exact) mass is 349 g/mol. The highest BCUT2D eigenvalue weighted by atomic mass is 14.7. The maximum absolute atomic E-state index is 4.67. The van der Waals surface area contributed by atoms with Gasteiger partial charge in [0.05, 0.1) is 5.69 Å². The SMILES string of the molecule is CCCCc1ccc(-c2ccc(CC[C@H]3CC[C@H](CC)CC3)cc2)nc1. The van der Waals surface area contributed by atoms with Gasteiger partial charge in [-0.15, -0.1) is 0 Å². The Balaban J connectivity index is 1.50. The first-order valence-electron chi connectivity index (χ1n) is 10.8.